The summed E-state index contributed by atoms with van der Waals surface area (Å²) in [6.45, 7) is 9.33. The van der Waals surface area contributed by atoms with Crippen molar-refractivity contribution in [1.29, 1.82) is 0 Å². The van der Waals surface area contributed by atoms with Crippen LogP contribution in [0.25, 0.3) is 0 Å². The van der Waals surface area contributed by atoms with Crippen molar-refractivity contribution in [2.24, 2.45) is 10.9 Å². The number of amides is 1. The van der Waals surface area contributed by atoms with Gasteiger partial charge in [-0.3, -0.25) is 4.79 Å². The summed E-state index contributed by atoms with van der Waals surface area (Å²) in [5.41, 5.74) is 0. The van der Waals surface area contributed by atoms with E-state index in [1.54, 1.807) is 0 Å². The smallest absolute Gasteiger partial charge is 0.225 e. The number of nitrogens with one attached hydrogen (secondary N) is 2. The Morgan fingerprint density at radius 3 is 2.96 bits per heavy atom. The third kappa shape index (κ3) is 6.52. The van der Waals surface area contributed by atoms with Gasteiger partial charge >= 0.3 is 0 Å². The molecule has 1 aliphatic rings. The molecule has 0 aromatic heterocycles. The number of hydrogen-bond acceptors (Lipinski definition) is 3. The fraction of sp³-hybridized carbons (Fsp3) is 0.579. The SMILES string of the molecule is CCNC(=NCCOc1cccc(Br)c1)NC1CCN(C(=O)C(C)C)C1. The molecule has 1 aromatic rings. The summed E-state index contributed by atoms with van der Waals surface area (Å²) in [5, 5.41) is 6.69. The molecule has 1 saturated heterocycles. The number of carbonyl (C=O) groups excluding carboxylic acids is 1. The van der Waals surface area contributed by atoms with Gasteiger partial charge < -0.3 is 20.3 Å². The van der Waals surface area contributed by atoms with E-state index < -0.39 is 0 Å². The molecule has 0 bridgehead atoms. The second-order valence-electron chi connectivity index (χ2n) is 6.64. The molecule has 0 radical (unpaired) electrons. The average Bonchev–Trinajstić information content (AvgIpc) is 3.06. The van der Waals surface area contributed by atoms with Crippen molar-refractivity contribution in [3.05, 3.63) is 28.7 Å². The molecular weight excluding hydrogens is 396 g/mol. The molecule has 0 aliphatic carbocycles. The maximum absolute atomic E-state index is 12.1. The van der Waals surface area contributed by atoms with Crippen LogP contribution >= 0.6 is 15.9 Å². The molecule has 2 N–H and O–H groups in total. The first kappa shape index (κ1) is 20.6. The third-order valence-electron chi connectivity index (χ3n) is 4.10. The zero-order valence-corrected chi connectivity index (χ0v) is 17.4. The minimum absolute atomic E-state index is 0.0471. The van der Waals surface area contributed by atoms with Crippen molar-refractivity contribution in [2.75, 3.05) is 32.8 Å². The van der Waals surface area contributed by atoms with Gasteiger partial charge in [0.25, 0.3) is 0 Å². The lowest BCUT2D eigenvalue weighted by atomic mass is 10.2. The molecule has 144 valence electrons. The molecular formula is C19H29BrN4O2. The van der Waals surface area contributed by atoms with E-state index in [0.29, 0.717) is 13.2 Å². The lowest BCUT2D eigenvalue weighted by Gasteiger charge is -2.20. The van der Waals surface area contributed by atoms with Crippen LogP contribution in [0.5, 0.6) is 5.75 Å². The van der Waals surface area contributed by atoms with Crippen molar-refractivity contribution in [1.82, 2.24) is 15.5 Å². The number of hydrogen-bond donors (Lipinski definition) is 2. The van der Waals surface area contributed by atoms with Crippen LogP contribution in [-0.4, -0.2) is 55.6 Å². The van der Waals surface area contributed by atoms with Gasteiger partial charge in [-0.05, 0) is 31.5 Å². The van der Waals surface area contributed by atoms with E-state index >= 15 is 0 Å². The molecule has 7 heteroatoms. The van der Waals surface area contributed by atoms with E-state index in [9.17, 15) is 4.79 Å². The lowest BCUT2D eigenvalue weighted by Crippen LogP contribution is -2.45. The highest BCUT2D eigenvalue weighted by Crippen LogP contribution is 2.17. The van der Waals surface area contributed by atoms with Crippen molar-refractivity contribution in [2.45, 2.75) is 33.2 Å². The van der Waals surface area contributed by atoms with Crippen LogP contribution in [0.3, 0.4) is 0 Å². The molecule has 1 amide bonds. The van der Waals surface area contributed by atoms with Crippen LogP contribution in [0.2, 0.25) is 0 Å². The predicted molar refractivity (Wildman–Crippen MR) is 109 cm³/mol. The Kier molecular flexibility index (Phi) is 8.22. The van der Waals surface area contributed by atoms with Gasteiger partial charge in [0, 0.05) is 36.1 Å². The van der Waals surface area contributed by atoms with Crippen molar-refractivity contribution >= 4 is 27.8 Å². The van der Waals surface area contributed by atoms with E-state index in [1.165, 1.54) is 0 Å². The van der Waals surface area contributed by atoms with E-state index in [4.69, 9.17) is 4.74 Å². The summed E-state index contributed by atoms with van der Waals surface area (Å²) in [5.74, 6) is 1.87. The number of carbonyl (C=O) groups is 1. The number of guanidine groups is 1. The second kappa shape index (κ2) is 10.4. The second-order valence-corrected chi connectivity index (χ2v) is 7.55. The standard InChI is InChI=1S/C19H29BrN4O2/c1-4-21-19(22-9-11-26-17-7-5-6-15(20)12-17)23-16-8-10-24(13-16)18(25)14(2)3/h5-7,12,14,16H,4,8-11,13H2,1-3H3,(H2,21,22,23). The number of rotatable bonds is 7. The Morgan fingerprint density at radius 2 is 2.27 bits per heavy atom. The Balaban J connectivity index is 1.80. The highest BCUT2D eigenvalue weighted by atomic mass is 79.9. The van der Waals surface area contributed by atoms with Gasteiger partial charge in [-0.2, -0.15) is 0 Å². The minimum Gasteiger partial charge on any atom is -0.492 e. The van der Waals surface area contributed by atoms with E-state index in [-0.39, 0.29) is 17.9 Å². The summed E-state index contributed by atoms with van der Waals surface area (Å²) in [6.07, 6.45) is 0.942. The third-order valence-corrected chi connectivity index (χ3v) is 4.60. The minimum atomic E-state index is 0.0471. The molecule has 6 nitrogen and oxygen atoms in total. The van der Waals surface area contributed by atoms with E-state index in [1.807, 2.05) is 49.9 Å². The van der Waals surface area contributed by atoms with E-state index in [0.717, 1.165) is 42.2 Å². The first-order valence-electron chi connectivity index (χ1n) is 9.21. The van der Waals surface area contributed by atoms with Crippen LogP contribution in [0.1, 0.15) is 27.2 Å². The molecule has 0 spiro atoms. The van der Waals surface area contributed by atoms with Gasteiger partial charge in [-0.25, -0.2) is 4.99 Å². The van der Waals surface area contributed by atoms with Crippen LogP contribution in [0.4, 0.5) is 0 Å². The quantitative estimate of drug-likeness (QED) is 0.401. The average molecular weight is 425 g/mol. The highest BCUT2D eigenvalue weighted by Gasteiger charge is 2.27. The molecule has 1 unspecified atom stereocenters. The molecule has 0 saturated carbocycles. The number of benzene rings is 1. The zero-order chi connectivity index (χ0) is 18.9. The lowest BCUT2D eigenvalue weighted by molar-refractivity contribution is -0.133. The molecule has 1 heterocycles. The fourth-order valence-corrected chi connectivity index (χ4v) is 3.21. The molecule has 1 fully saturated rings. The Labute approximate surface area is 164 Å². The van der Waals surface area contributed by atoms with Crippen molar-refractivity contribution in [3.8, 4) is 5.75 Å². The topological polar surface area (TPSA) is 66.0 Å². The Hall–Kier alpha value is -1.76. The van der Waals surface area contributed by atoms with Gasteiger partial charge in [-0.15, -0.1) is 0 Å². The largest absolute Gasteiger partial charge is 0.492 e. The van der Waals surface area contributed by atoms with Crippen molar-refractivity contribution < 1.29 is 9.53 Å². The first-order valence-corrected chi connectivity index (χ1v) is 10.0. The fourth-order valence-electron chi connectivity index (χ4n) is 2.83. The van der Waals surface area contributed by atoms with E-state index in [2.05, 4.69) is 31.6 Å². The predicted octanol–water partition coefficient (Wildman–Crippen LogP) is 2.64. The number of aliphatic imine (C=N–C) groups is 1. The highest BCUT2D eigenvalue weighted by molar-refractivity contribution is 9.10. The molecule has 26 heavy (non-hydrogen) atoms. The van der Waals surface area contributed by atoms with Gasteiger partial charge in [-0.1, -0.05) is 35.8 Å². The van der Waals surface area contributed by atoms with Crippen LogP contribution in [0, 0.1) is 5.92 Å². The monoisotopic (exact) mass is 424 g/mol. The van der Waals surface area contributed by atoms with Gasteiger partial charge in [0.15, 0.2) is 5.96 Å². The number of ether oxygens (including phenoxy) is 1. The Morgan fingerprint density at radius 1 is 1.46 bits per heavy atom. The summed E-state index contributed by atoms with van der Waals surface area (Å²) >= 11 is 3.43. The van der Waals surface area contributed by atoms with Crippen LogP contribution in [-0.2, 0) is 4.79 Å². The first-order chi connectivity index (χ1) is 12.5. The maximum Gasteiger partial charge on any atom is 0.225 e. The van der Waals surface area contributed by atoms with Gasteiger partial charge in [0.05, 0.1) is 6.54 Å². The summed E-state index contributed by atoms with van der Waals surface area (Å²) < 4.78 is 6.71. The number of likely N-dealkylation sites (tertiary alicyclic amines) is 1. The van der Waals surface area contributed by atoms with Crippen molar-refractivity contribution in [3.63, 3.8) is 0 Å². The van der Waals surface area contributed by atoms with Crippen LogP contribution in [0.15, 0.2) is 33.7 Å². The number of nitrogens with zero attached hydrogens (tertiary/aromatic N) is 2. The Bertz CT molecular complexity index is 621. The maximum atomic E-state index is 12.1. The molecule has 1 aromatic carbocycles. The molecule has 1 aliphatic heterocycles. The zero-order valence-electron chi connectivity index (χ0n) is 15.8. The normalized spacial score (nSPS) is 17.5. The molecule has 1 atom stereocenters. The summed E-state index contributed by atoms with van der Waals surface area (Å²) in [6, 6.07) is 8.01. The summed E-state index contributed by atoms with van der Waals surface area (Å²) in [4.78, 5) is 18.6. The summed E-state index contributed by atoms with van der Waals surface area (Å²) in [7, 11) is 0. The van der Waals surface area contributed by atoms with Gasteiger partial charge in [0.2, 0.25) is 5.91 Å². The van der Waals surface area contributed by atoms with Gasteiger partial charge in [0.1, 0.15) is 12.4 Å². The molecule has 2 rings (SSSR count). The number of halogens is 1. The van der Waals surface area contributed by atoms with Crippen LogP contribution < -0.4 is 15.4 Å².